The fourth-order valence-electron chi connectivity index (χ4n) is 3.17. The molecule has 1 amide bonds. The van der Waals surface area contributed by atoms with Crippen LogP contribution in [0.4, 0.5) is 5.82 Å². The zero-order chi connectivity index (χ0) is 14.8. The first-order valence-corrected chi connectivity index (χ1v) is 8.67. The first-order valence-electron chi connectivity index (χ1n) is 7.50. The van der Waals surface area contributed by atoms with Gasteiger partial charge in [-0.25, -0.2) is 4.98 Å². The van der Waals surface area contributed by atoms with E-state index in [9.17, 15) is 4.79 Å². The molecule has 6 heteroatoms. The normalized spacial score (nSPS) is 22.7. The maximum atomic E-state index is 12.6. The SMILES string of the molecule is O=C(C1CCN(c2ncc(Cl)cc2Br)C1)N1CCCCC1. The molecule has 2 aliphatic heterocycles. The third kappa shape index (κ3) is 3.34. The molecule has 3 rings (SSSR count). The van der Waals surface area contributed by atoms with E-state index in [4.69, 9.17) is 11.6 Å². The van der Waals surface area contributed by atoms with Gasteiger partial charge < -0.3 is 9.80 Å². The molecule has 4 nitrogen and oxygen atoms in total. The smallest absolute Gasteiger partial charge is 0.227 e. The molecule has 2 saturated heterocycles. The number of rotatable bonds is 2. The number of halogens is 2. The molecule has 3 heterocycles. The monoisotopic (exact) mass is 371 g/mol. The lowest BCUT2D eigenvalue weighted by Gasteiger charge is -2.29. The van der Waals surface area contributed by atoms with Gasteiger partial charge >= 0.3 is 0 Å². The van der Waals surface area contributed by atoms with Gasteiger partial charge in [-0.3, -0.25) is 4.79 Å². The van der Waals surface area contributed by atoms with Crippen molar-refractivity contribution in [2.24, 2.45) is 5.92 Å². The number of anilines is 1. The summed E-state index contributed by atoms with van der Waals surface area (Å²) in [6.45, 7) is 3.48. The van der Waals surface area contributed by atoms with Crippen molar-refractivity contribution in [3.05, 3.63) is 21.8 Å². The average Bonchev–Trinajstić information content (AvgIpc) is 2.97. The fourth-order valence-corrected chi connectivity index (χ4v) is 4.06. The molecule has 1 atom stereocenters. The van der Waals surface area contributed by atoms with E-state index >= 15 is 0 Å². The molecule has 0 radical (unpaired) electrons. The minimum Gasteiger partial charge on any atom is -0.355 e. The van der Waals surface area contributed by atoms with Gasteiger partial charge in [0.05, 0.1) is 15.4 Å². The van der Waals surface area contributed by atoms with Crippen LogP contribution in [-0.2, 0) is 4.79 Å². The Morgan fingerprint density at radius 2 is 2.05 bits per heavy atom. The highest BCUT2D eigenvalue weighted by Crippen LogP contribution is 2.31. The zero-order valence-corrected chi connectivity index (χ0v) is 14.2. The topological polar surface area (TPSA) is 36.4 Å². The summed E-state index contributed by atoms with van der Waals surface area (Å²) in [6.07, 6.45) is 6.11. The van der Waals surface area contributed by atoms with Gasteiger partial charge in [-0.2, -0.15) is 0 Å². The summed E-state index contributed by atoms with van der Waals surface area (Å²) in [4.78, 5) is 21.2. The van der Waals surface area contributed by atoms with Gasteiger partial charge in [-0.15, -0.1) is 0 Å². The standard InChI is InChI=1S/C15H19BrClN3O/c16-13-8-12(17)9-18-14(13)20-7-4-11(10-20)15(21)19-5-2-1-3-6-19/h8-9,11H,1-7,10H2. The molecule has 2 aliphatic rings. The number of carbonyl (C=O) groups is 1. The van der Waals surface area contributed by atoms with Crippen LogP contribution in [0.25, 0.3) is 0 Å². The number of hydrogen-bond acceptors (Lipinski definition) is 3. The maximum Gasteiger partial charge on any atom is 0.227 e. The lowest BCUT2D eigenvalue weighted by molar-refractivity contribution is -0.135. The number of piperidine rings is 1. The second-order valence-corrected chi connectivity index (χ2v) is 7.07. The highest BCUT2D eigenvalue weighted by Gasteiger charge is 2.33. The Bertz CT molecular complexity index is 534. The molecule has 21 heavy (non-hydrogen) atoms. The average molecular weight is 373 g/mol. The Morgan fingerprint density at radius 3 is 2.76 bits per heavy atom. The molecule has 0 spiro atoms. The molecule has 114 valence electrons. The van der Waals surface area contributed by atoms with Gasteiger partial charge in [0.2, 0.25) is 5.91 Å². The van der Waals surface area contributed by atoms with Crippen LogP contribution < -0.4 is 4.90 Å². The molecule has 0 bridgehead atoms. The van der Waals surface area contributed by atoms with E-state index in [1.165, 1.54) is 6.42 Å². The molecule has 0 aliphatic carbocycles. The molecule has 1 aromatic heterocycles. The molecule has 0 aromatic carbocycles. The van der Waals surface area contributed by atoms with Crippen LogP contribution in [0.15, 0.2) is 16.7 Å². The van der Waals surface area contributed by atoms with Crippen molar-refractivity contribution in [3.63, 3.8) is 0 Å². The molecule has 1 unspecified atom stereocenters. The van der Waals surface area contributed by atoms with Gasteiger partial charge in [-0.05, 0) is 47.7 Å². The van der Waals surface area contributed by atoms with E-state index in [1.807, 2.05) is 11.0 Å². The molecule has 0 N–H and O–H groups in total. The molecule has 0 saturated carbocycles. The van der Waals surface area contributed by atoms with Crippen molar-refractivity contribution in [1.29, 1.82) is 0 Å². The van der Waals surface area contributed by atoms with Crippen molar-refractivity contribution < 1.29 is 4.79 Å². The van der Waals surface area contributed by atoms with E-state index in [0.29, 0.717) is 10.9 Å². The highest BCUT2D eigenvalue weighted by atomic mass is 79.9. The third-order valence-electron chi connectivity index (χ3n) is 4.29. The second kappa shape index (κ2) is 6.53. The van der Waals surface area contributed by atoms with Crippen molar-refractivity contribution in [3.8, 4) is 0 Å². The van der Waals surface area contributed by atoms with Gasteiger partial charge in [0.1, 0.15) is 5.82 Å². The van der Waals surface area contributed by atoms with E-state index in [0.717, 1.165) is 55.7 Å². The highest BCUT2D eigenvalue weighted by molar-refractivity contribution is 9.10. The second-order valence-electron chi connectivity index (χ2n) is 5.78. The summed E-state index contributed by atoms with van der Waals surface area (Å²) in [7, 11) is 0. The lowest BCUT2D eigenvalue weighted by Crippen LogP contribution is -2.40. The zero-order valence-electron chi connectivity index (χ0n) is 11.9. The summed E-state index contributed by atoms with van der Waals surface area (Å²) in [5, 5.41) is 0.616. The predicted molar refractivity (Wildman–Crippen MR) is 87.7 cm³/mol. The largest absolute Gasteiger partial charge is 0.355 e. The van der Waals surface area contributed by atoms with Gasteiger partial charge in [0, 0.05) is 32.4 Å². The van der Waals surface area contributed by atoms with Crippen LogP contribution in [0, 0.1) is 5.92 Å². The number of nitrogens with zero attached hydrogens (tertiary/aromatic N) is 3. The molecule has 2 fully saturated rings. The number of pyridine rings is 1. The Morgan fingerprint density at radius 1 is 1.29 bits per heavy atom. The Hall–Kier alpha value is -0.810. The lowest BCUT2D eigenvalue weighted by atomic mass is 10.0. The van der Waals surface area contributed by atoms with E-state index in [2.05, 4.69) is 25.8 Å². The minimum absolute atomic E-state index is 0.104. The Kier molecular flexibility index (Phi) is 4.69. The van der Waals surface area contributed by atoms with Crippen molar-refractivity contribution in [2.75, 3.05) is 31.1 Å². The summed E-state index contributed by atoms with van der Waals surface area (Å²) < 4.78 is 0.890. The molecular formula is C15H19BrClN3O. The van der Waals surface area contributed by atoms with E-state index < -0.39 is 0 Å². The maximum absolute atomic E-state index is 12.6. The van der Waals surface area contributed by atoms with Gasteiger partial charge in [0.15, 0.2) is 0 Å². The minimum atomic E-state index is 0.104. The number of likely N-dealkylation sites (tertiary alicyclic amines) is 1. The number of aromatic nitrogens is 1. The number of amides is 1. The molecule has 1 aromatic rings. The first kappa shape index (κ1) is 15.1. The van der Waals surface area contributed by atoms with Crippen LogP contribution in [0.2, 0.25) is 5.02 Å². The quantitative estimate of drug-likeness (QED) is 0.799. The van der Waals surface area contributed by atoms with Crippen LogP contribution in [-0.4, -0.2) is 42.0 Å². The van der Waals surface area contributed by atoms with Gasteiger partial charge in [-0.1, -0.05) is 11.6 Å². The van der Waals surface area contributed by atoms with Crippen LogP contribution in [0.5, 0.6) is 0 Å². The molecular weight excluding hydrogens is 354 g/mol. The summed E-state index contributed by atoms with van der Waals surface area (Å²) >= 11 is 9.44. The fraction of sp³-hybridized carbons (Fsp3) is 0.600. The van der Waals surface area contributed by atoms with E-state index in [1.54, 1.807) is 6.20 Å². The van der Waals surface area contributed by atoms with Gasteiger partial charge in [0.25, 0.3) is 0 Å². The summed E-state index contributed by atoms with van der Waals surface area (Å²) in [5.41, 5.74) is 0. The third-order valence-corrected chi connectivity index (χ3v) is 5.08. The Balaban J connectivity index is 1.66. The predicted octanol–water partition coefficient (Wildman–Crippen LogP) is 3.34. The van der Waals surface area contributed by atoms with Crippen LogP contribution in [0.3, 0.4) is 0 Å². The Labute approximate surface area is 138 Å². The van der Waals surface area contributed by atoms with Crippen molar-refractivity contribution in [2.45, 2.75) is 25.7 Å². The van der Waals surface area contributed by atoms with Crippen LogP contribution in [0.1, 0.15) is 25.7 Å². The summed E-state index contributed by atoms with van der Waals surface area (Å²) in [5.74, 6) is 1.31. The van der Waals surface area contributed by atoms with Crippen molar-refractivity contribution in [1.82, 2.24) is 9.88 Å². The number of hydrogen-bond donors (Lipinski definition) is 0. The van der Waals surface area contributed by atoms with Crippen LogP contribution >= 0.6 is 27.5 Å². The van der Waals surface area contributed by atoms with Crippen molar-refractivity contribution >= 4 is 39.3 Å². The number of carbonyl (C=O) groups excluding carboxylic acids is 1. The summed E-state index contributed by atoms with van der Waals surface area (Å²) in [6, 6.07) is 1.85. The van der Waals surface area contributed by atoms with E-state index in [-0.39, 0.29) is 5.92 Å². The first-order chi connectivity index (χ1) is 10.1.